The second kappa shape index (κ2) is 8.33. The Morgan fingerprint density at radius 1 is 1.18 bits per heavy atom. The lowest BCUT2D eigenvalue weighted by Gasteiger charge is -2.36. The zero-order chi connectivity index (χ0) is 20.3. The Morgan fingerprint density at radius 3 is 2.54 bits per heavy atom. The Balaban J connectivity index is 1.91. The number of fused-ring (bicyclic) bond motifs is 1. The minimum Gasteiger partial charge on any atom is -0.488 e. The van der Waals surface area contributed by atoms with Crippen LogP contribution in [0.4, 0.5) is 0 Å². The summed E-state index contributed by atoms with van der Waals surface area (Å²) in [4.78, 5) is 12.5. The Hall–Kier alpha value is -2.37. The normalized spacial score (nSPS) is 19.0. The molecule has 0 radical (unpaired) electrons. The number of esters is 1. The lowest BCUT2D eigenvalue weighted by Crippen LogP contribution is -2.48. The molecule has 0 bridgehead atoms. The molecule has 0 heterocycles. The molecule has 2 atom stereocenters. The van der Waals surface area contributed by atoms with Gasteiger partial charge in [-0.2, -0.15) is 0 Å². The first-order chi connectivity index (χ1) is 13.3. The van der Waals surface area contributed by atoms with Gasteiger partial charge in [-0.05, 0) is 56.4 Å². The number of carbonyl (C=O) groups excluding carboxylic acids is 1. The third-order valence-electron chi connectivity index (χ3n) is 4.96. The van der Waals surface area contributed by atoms with Gasteiger partial charge in [0, 0.05) is 11.6 Å². The molecule has 2 N–H and O–H groups in total. The molecule has 2 unspecified atom stereocenters. The summed E-state index contributed by atoms with van der Waals surface area (Å²) in [5.74, 6) is 0.0539. The van der Waals surface area contributed by atoms with Crippen LogP contribution in [0.2, 0.25) is 0 Å². The Bertz CT molecular complexity index is 826. The molecule has 0 fully saturated rings. The fourth-order valence-corrected chi connectivity index (χ4v) is 3.75. The Kier molecular flexibility index (Phi) is 6.06. The molecule has 3 rings (SSSR count). The van der Waals surface area contributed by atoms with E-state index in [0.717, 1.165) is 23.1 Å². The molecule has 0 aromatic heterocycles. The van der Waals surface area contributed by atoms with Crippen LogP contribution in [-0.2, 0) is 17.8 Å². The van der Waals surface area contributed by atoms with Crippen molar-refractivity contribution in [2.45, 2.75) is 57.9 Å². The van der Waals surface area contributed by atoms with Gasteiger partial charge in [0.15, 0.2) is 0 Å². The van der Waals surface area contributed by atoms with Gasteiger partial charge in [-0.1, -0.05) is 36.4 Å². The molecule has 0 aliphatic heterocycles. The summed E-state index contributed by atoms with van der Waals surface area (Å²) in [5.41, 5.74) is 2.92. The number of aliphatic hydroxyl groups is 1. The van der Waals surface area contributed by atoms with Crippen molar-refractivity contribution in [2.24, 2.45) is 0 Å². The van der Waals surface area contributed by atoms with Crippen LogP contribution in [0, 0.1) is 0 Å². The number of hydrogen-bond acceptors (Lipinski definition) is 5. The van der Waals surface area contributed by atoms with Crippen molar-refractivity contribution in [2.75, 3.05) is 7.11 Å². The van der Waals surface area contributed by atoms with E-state index in [1.165, 1.54) is 7.11 Å². The fourth-order valence-electron chi connectivity index (χ4n) is 3.75. The van der Waals surface area contributed by atoms with Crippen LogP contribution in [0.15, 0.2) is 42.5 Å². The van der Waals surface area contributed by atoms with Crippen LogP contribution in [0.5, 0.6) is 5.75 Å². The third kappa shape index (κ3) is 4.54. The summed E-state index contributed by atoms with van der Waals surface area (Å²) in [5, 5.41) is 14.4. The SMILES string of the molecule is COC(=O)c1c(OCc2ccccc2)ccc2c1CCC(NC(C)(C)C)C2O. The first-order valence-corrected chi connectivity index (χ1v) is 9.66. The van der Waals surface area contributed by atoms with E-state index in [0.29, 0.717) is 24.3 Å². The van der Waals surface area contributed by atoms with Crippen LogP contribution >= 0.6 is 0 Å². The van der Waals surface area contributed by atoms with Crippen molar-refractivity contribution in [1.29, 1.82) is 0 Å². The summed E-state index contributed by atoms with van der Waals surface area (Å²) in [6.07, 6.45) is 0.722. The molecule has 2 aromatic carbocycles. The number of ether oxygens (including phenoxy) is 2. The molecule has 1 aliphatic carbocycles. The van der Waals surface area contributed by atoms with Crippen LogP contribution in [-0.4, -0.2) is 29.8 Å². The molecule has 1 aliphatic rings. The van der Waals surface area contributed by atoms with Crippen LogP contribution in [0.3, 0.4) is 0 Å². The predicted octanol–water partition coefficient (Wildman–Crippen LogP) is 3.79. The lowest BCUT2D eigenvalue weighted by molar-refractivity contribution is 0.0590. The van der Waals surface area contributed by atoms with Crippen LogP contribution in [0.1, 0.15) is 60.3 Å². The molecular formula is C23H29NO4. The Morgan fingerprint density at radius 2 is 1.89 bits per heavy atom. The summed E-state index contributed by atoms with van der Waals surface area (Å²) < 4.78 is 11.0. The van der Waals surface area contributed by atoms with E-state index in [4.69, 9.17) is 9.47 Å². The number of aliphatic hydroxyl groups excluding tert-OH is 1. The molecule has 150 valence electrons. The molecule has 5 nitrogen and oxygen atoms in total. The first kappa shape index (κ1) is 20.4. The van der Waals surface area contributed by atoms with Gasteiger partial charge in [0.1, 0.15) is 17.9 Å². The average Bonchev–Trinajstić information content (AvgIpc) is 2.67. The van der Waals surface area contributed by atoms with Gasteiger partial charge in [0.25, 0.3) is 0 Å². The topological polar surface area (TPSA) is 67.8 Å². The molecule has 0 saturated heterocycles. The van der Waals surface area contributed by atoms with Gasteiger partial charge in [-0.15, -0.1) is 0 Å². The summed E-state index contributed by atoms with van der Waals surface area (Å²) in [6.45, 7) is 6.60. The van der Waals surface area contributed by atoms with Gasteiger partial charge >= 0.3 is 5.97 Å². The number of benzene rings is 2. The highest BCUT2D eigenvalue weighted by molar-refractivity contribution is 5.94. The van der Waals surface area contributed by atoms with E-state index in [1.807, 2.05) is 36.4 Å². The monoisotopic (exact) mass is 383 g/mol. The van der Waals surface area contributed by atoms with Crippen molar-refractivity contribution in [3.05, 3.63) is 64.7 Å². The minimum absolute atomic E-state index is 0.0610. The maximum Gasteiger partial charge on any atom is 0.341 e. The van der Waals surface area contributed by atoms with Gasteiger partial charge in [-0.3, -0.25) is 0 Å². The fraction of sp³-hybridized carbons (Fsp3) is 0.435. The third-order valence-corrected chi connectivity index (χ3v) is 4.96. The molecule has 0 amide bonds. The van der Waals surface area contributed by atoms with Gasteiger partial charge < -0.3 is 19.9 Å². The van der Waals surface area contributed by atoms with E-state index in [2.05, 4.69) is 26.1 Å². The summed E-state index contributed by atoms with van der Waals surface area (Å²) in [6, 6.07) is 13.4. The predicted molar refractivity (Wildman–Crippen MR) is 109 cm³/mol. The first-order valence-electron chi connectivity index (χ1n) is 9.66. The van der Waals surface area contributed by atoms with Gasteiger partial charge in [0.05, 0.1) is 13.2 Å². The number of nitrogens with one attached hydrogen (secondary N) is 1. The van der Waals surface area contributed by atoms with Crippen molar-refractivity contribution in [1.82, 2.24) is 5.32 Å². The molecule has 0 saturated carbocycles. The van der Waals surface area contributed by atoms with Crippen LogP contribution in [0.25, 0.3) is 0 Å². The molecular weight excluding hydrogens is 354 g/mol. The molecule has 2 aromatic rings. The van der Waals surface area contributed by atoms with E-state index in [-0.39, 0.29) is 11.6 Å². The highest BCUT2D eigenvalue weighted by atomic mass is 16.5. The second-order valence-electron chi connectivity index (χ2n) is 8.26. The number of methoxy groups -OCH3 is 1. The van der Waals surface area contributed by atoms with E-state index < -0.39 is 12.1 Å². The highest BCUT2D eigenvalue weighted by Gasteiger charge is 2.34. The minimum atomic E-state index is -0.686. The van der Waals surface area contributed by atoms with Gasteiger partial charge in [0.2, 0.25) is 0 Å². The number of carbonyl (C=O) groups is 1. The summed E-state index contributed by atoms with van der Waals surface area (Å²) >= 11 is 0. The van der Waals surface area contributed by atoms with Crippen molar-refractivity contribution >= 4 is 5.97 Å². The molecule has 5 heteroatoms. The molecule has 28 heavy (non-hydrogen) atoms. The van der Waals surface area contributed by atoms with E-state index in [9.17, 15) is 9.90 Å². The second-order valence-corrected chi connectivity index (χ2v) is 8.26. The zero-order valence-corrected chi connectivity index (χ0v) is 17.0. The number of rotatable bonds is 5. The van der Waals surface area contributed by atoms with Gasteiger partial charge in [-0.25, -0.2) is 4.79 Å². The van der Waals surface area contributed by atoms with Crippen molar-refractivity contribution in [3.8, 4) is 5.75 Å². The van der Waals surface area contributed by atoms with Crippen LogP contribution < -0.4 is 10.1 Å². The van der Waals surface area contributed by atoms with Crippen molar-refractivity contribution in [3.63, 3.8) is 0 Å². The lowest BCUT2D eigenvalue weighted by atomic mass is 9.82. The van der Waals surface area contributed by atoms with E-state index in [1.54, 1.807) is 6.07 Å². The number of hydrogen-bond donors (Lipinski definition) is 2. The maximum absolute atomic E-state index is 12.5. The summed E-state index contributed by atoms with van der Waals surface area (Å²) in [7, 11) is 1.37. The average molecular weight is 383 g/mol. The maximum atomic E-state index is 12.5. The standard InChI is InChI=1S/C23H29NO4/c1-23(2,3)24-18-12-10-16-17(21(18)25)11-13-19(20(16)22(26)27-4)28-14-15-8-6-5-7-9-15/h5-9,11,13,18,21,24-25H,10,12,14H2,1-4H3. The van der Waals surface area contributed by atoms with Crippen molar-refractivity contribution < 1.29 is 19.4 Å². The van der Waals surface area contributed by atoms with E-state index >= 15 is 0 Å². The molecule has 0 spiro atoms. The quantitative estimate of drug-likeness (QED) is 0.769. The zero-order valence-electron chi connectivity index (χ0n) is 17.0. The smallest absolute Gasteiger partial charge is 0.341 e. The highest BCUT2D eigenvalue weighted by Crippen LogP contribution is 2.37. The largest absolute Gasteiger partial charge is 0.488 e. The Labute approximate surface area is 166 Å².